The van der Waals surface area contributed by atoms with Gasteiger partial charge in [-0.15, -0.1) is 0 Å². The summed E-state index contributed by atoms with van der Waals surface area (Å²) in [6.07, 6.45) is 0. The maximum Gasteiger partial charge on any atom is 0.236 e. The third kappa shape index (κ3) is 2.68. The van der Waals surface area contributed by atoms with Crippen LogP contribution in [0, 0.1) is 0 Å². The highest BCUT2D eigenvalue weighted by molar-refractivity contribution is 5.85. The van der Waals surface area contributed by atoms with Gasteiger partial charge in [0, 0.05) is 13.6 Å². The van der Waals surface area contributed by atoms with Crippen molar-refractivity contribution < 1.29 is 4.79 Å². The van der Waals surface area contributed by atoms with E-state index in [9.17, 15) is 4.79 Å². The van der Waals surface area contributed by atoms with Crippen molar-refractivity contribution in [3.05, 3.63) is 48.0 Å². The molecule has 0 aliphatic rings. The molecule has 2 rings (SSSR count). The van der Waals surface area contributed by atoms with E-state index in [0.29, 0.717) is 6.54 Å². The molecule has 1 amide bonds. The Labute approximate surface area is 107 Å². The minimum absolute atomic E-state index is 0.00948. The summed E-state index contributed by atoms with van der Waals surface area (Å²) in [5.41, 5.74) is 1.21. The van der Waals surface area contributed by atoms with Crippen LogP contribution in [-0.2, 0) is 11.3 Å². The molecule has 0 heterocycles. The summed E-state index contributed by atoms with van der Waals surface area (Å²) in [6.45, 7) is 2.56. The first-order chi connectivity index (χ1) is 8.72. The van der Waals surface area contributed by atoms with Crippen LogP contribution in [0.25, 0.3) is 10.8 Å². The van der Waals surface area contributed by atoms with Gasteiger partial charge in [0.05, 0.1) is 6.04 Å². The summed E-state index contributed by atoms with van der Waals surface area (Å²) < 4.78 is 0. The van der Waals surface area contributed by atoms with Gasteiger partial charge in [-0.05, 0) is 23.3 Å². The average molecular weight is 242 g/mol. The highest BCUT2D eigenvalue weighted by Crippen LogP contribution is 2.18. The van der Waals surface area contributed by atoms with E-state index in [0.717, 1.165) is 0 Å². The molecule has 3 nitrogen and oxygen atoms in total. The van der Waals surface area contributed by atoms with Crippen molar-refractivity contribution in [1.29, 1.82) is 0 Å². The van der Waals surface area contributed by atoms with Crippen molar-refractivity contribution in [2.45, 2.75) is 19.5 Å². The van der Waals surface area contributed by atoms with E-state index in [1.807, 2.05) is 25.1 Å². The fraction of sp³-hybridized carbons (Fsp3) is 0.267. The van der Waals surface area contributed by atoms with Gasteiger partial charge in [-0.2, -0.15) is 0 Å². The maximum atomic E-state index is 11.4. The minimum atomic E-state index is -0.186. The molecule has 2 aromatic carbocycles. The van der Waals surface area contributed by atoms with Crippen molar-refractivity contribution in [1.82, 2.24) is 10.6 Å². The SMILES string of the molecule is CNC(=O)C(C)NCc1cccc2ccccc12. The summed E-state index contributed by atoms with van der Waals surface area (Å²) in [6, 6.07) is 14.3. The van der Waals surface area contributed by atoms with Crippen LogP contribution in [0.15, 0.2) is 42.5 Å². The van der Waals surface area contributed by atoms with Gasteiger partial charge < -0.3 is 10.6 Å². The number of carbonyl (C=O) groups excluding carboxylic acids is 1. The molecule has 0 aliphatic heterocycles. The van der Waals surface area contributed by atoms with Gasteiger partial charge in [-0.1, -0.05) is 42.5 Å². The van der Waals surface area contributed by atoms with E-state index in [1.165, 1.54) is 16.3 Å². The first-order valence-electron chi connectivity index (χ1n) is 6.14. The number of hydrogen-bond acceptors (Lipinski definition) is 2. The molecular weight excluding hydrogens is 224 g/mol. The van der Waals surface area contributed by atoms with Crippen molar-refractivity contribution >= 4 is 16.7 Å². The number of nitrogens with one attached hydrogen (secondary N) is 2. The van der Waals surface area contributed by atoms with Gasteiger partial charge in [-0.3, -0.25) is 4.79 Å². The Morgan fingerprint density at radius 2 is 1.89 bits per heavy atom. The maximum absolute atomic E-state index is 11.4. The van der Waals surface area contributed by atoms with E-state index < -0.39 is 0 Å². The van der Waals surface area contributed by atoms with Crippen LogP contribution in [0.1, 0.15) is 12.5 Å². The molecule has 18 heavy (non-hydrogen) atoms. The Bertz CT molecular complexity index is 546. The van der Waals surface area contributed by atoms with Gasteiger partial charge in [-0.25, -0.2) is 0 Å². The number of fused-ring (bicyclic) bond motifs is 1. The summed E-state index contributed by atoms with van der Waals surface area (Å²) in [5, 5.41) is 8.33. The van der Waals surface area contributed by atoms with E-state index in [2.05, 4.69) is 34.9 Å². The molecule has 0 spiro atoms. The standard InChI is InChI=1S/C15H18N2O/c1-11(15(18)16-2)17-10-13-8-5-7-12-6-3-4-9-14(12)13/h3-9,11,17H,10H2,1-2H3,(H,16,18). The molecule has 0 radical (unpaired) electrons. The Balaban J connectivity index is 2.15. The second kappa shape index (κ2) is 5.65. The smallest absolute Gasteiger partial charge is 0.236 e. The summed E-state index contributed by atoms with van der Waals surface area (Å²) >= 11 is 0. The summed E-state index contributed by atoms with van der Waals surface area (Å²) in [5.74, 6) is 0.00948. The molecule has 0 fully saturated rings. The molecule has 0 aliphatic carbocycles. The zero-order valence-electron chi connectivity index (χ0n) is 10.7. The zero-order valence-corrected chi connectivity index (χ0v) is 10.7. The molecule has 0 bridgehead atoms. The van der Waals surface area contributed by atoms with Crippen molar-refractivity contribution in [3.63, 3.8) is 0 Å². The normalized spacial score (nSPS) is 12.3. The molecule has 2 N–H and O–H groups in total. The largest absolute Gasteiger partial charge is 0.358 e. The Kier molecular flexibility index (Phi) is 3.95. The highest BCUT2D eigenvalue weighted by atomic mass is 16.2. The van der Waals surface area contributed by atoms with Crippen molar-refractivity contribution in [2.24, 2.45) is 0 Å². The lowest BCUT2D eigenvalue weighted by Crippen LogP contribution is -2.40. The Hall–Kier alpha value is -1.87. The zero-order chi connectivity index (χ0) is 13.0. The topological polar surface area (TPSA) is 41.1 Å². The Morgan fingerprint density at radius 1 is 1.17 bits per heavy atom. The quantitative estimate of drug-likeness (QED) is 0.861. The lowest BCUT2D eigenvalue weighted by atomic mass is 10.0. The van der Waals surface area contributed by atoms with E-state index in [1.54, 1.807) is 7.05 Å². The monoisotopic (exact) mass is 242 g/mol. The fourth-order valence-corrected chi connectivity index (χ4v) is 2.02. The minimum Gasteiger partial charge on any atom is -0.358 e. The van der Waals surface area contributed by atoms with Gasteiger partial charge >= 0.3 is 0 Å². The number of rotatable bonds is 4. The predicted molar refractivity (Wildman–Crippen MR) is 74.3 cm³/mol. The van der Waals surface area contributed by atoms with Crippen LogP contribution in [0.4, 0.5) is 0 Å². The molecule has 0 aromatic heterocycles. The second-order valence-electron chi connectivity index (χ2n) is 4.36. The molecule has 1 atom stereocenters. The molecule has 0 saturated heterocycles. The number of amides is 1. The molecule has 94 valence electrons. The van der Waals surface area contributed by atoms with Crippen molar-refractivity contribution in [3.8, 4) is 0 Å². The lowest BCUT2D eigenvalue weighted by Gasteiger charge is -2.13. The van der Waals surface area contributed by atoms with Gasteiger partial charge in [0.1, 0.15) is 0 Å². The lowest BCUT2D eigenvalue weighted by molar-refractivity contribution is -0.122. The van der Waals surface area contributed by atoms with Crippen LogP contribution >= 0.6 is 0 Å². The number of benzene rings is 2. The summed E-state index contributed by atoms with van der Waals surface area (Å²) in [7, 11) is 1.65. The highest BCUT2D eigenvalue weighted by Gasteiger charge is 2.10. The second-order valence-corrected chi connectivity index (χ2v) is 4.36. The average Bonchev–Trinajstić information content (AvgIpc) is 2.43. The predicted octanol–water partition coefficient (Wildman–Crippen LogP) is 2.06. The molecule has 3 heteroatoms. The number of likely N-dealkylation sites (N-methyl/N-ethyl adjacent to an activating group) is 1. The van der Waals surface area contributed by atoms with Crippen LogP contribution in [0.2, 0.25) is 0 Å². The first kappa shape index (κ1) is 12.6. The molecular formula is C15H18N2O. The number of hydrogen-bond donors (Lipinski definition) is 2. The van der Waals surface area contributed by atoms with E-state index >= 15 is 0 Å². The summed E-state index contributed by atoms with van der Waals surface area (Å²) in [4.78, 5) is 11.4. The van der Waals surface area contributed by atoms with E-state index in [4.69, 9.17) is 0 Å². The molecule has 0 saturated carbocycles. The van der Waals surface area contributed by atoms with Crippen LogP contribution in [0.3, 0.4) is 0 Å². The van der Waals surface area contributed by atoms with Crippen LogP contribution < -0.4 is 10.6 Å². The van der Waals surface area contributed by atoms with Crippen molar-refractivity contribution in [2.75, 3.05) is 7.05 Å². The van der Waals surface area contributed by atoms with Crippen LogP contribution in [-0.4, -0.2) is 19.0 Å². The third-order valence-electron chi connectivity index (χ3n) is 3.12. The van der Waals surface area contributed by atoms with E-state index in [-0.39, 0.29) is 11.9 Å². The van der Waals surface area contributed by atoms with Crippen LogP contribution in [0.5, 0.6) is 0 Å². The fourth-order valence-electron chi connectivity index (χ4n) is 2.02. The first-order valence-corrected chi connectivity index (χ1v) is 6.14. The third-order valence-corrected chi connectivity index (χ3v) is 3.12. The van der Waals surface area contributed by atoms with Gasteiger partial charge in [0.25, 0.3) is 0 Å². The van der Waals surface area contributed by atoms with Gasteiger partial charge in [0.15, 0.2) is 0 Å². The Morgan fingerprint density at radius 3 is 2.67 bits per heavy atom. The molecule has 2 aromatic rings. The molecule has 1 unspecified atom stereocenters. The number of carbonyl (C=O) groups is 1. The van der Waals surface area contributed by atoms with Gasteiger partial charge in [0.2, 0.25) is 5.91 Å².